The van der Waals surface area contributed by atoms with Crippen LogP contribution in [-0.2, 0) is 19.2 Å². The normalized spacial score (nSPS) is 19.7. The number of aliphatic carboxylic acids is 2. The van der Waals surface area contributed by atoms with Crippen LogP contribution in [0.2, 0.25) is 0 Å². The molecule has 0 saturated carbocycles. The zero-order chi connectivity index (χ0) is 20.2. The van der Waals surface area contributed by atoms with E-state index >= 15 is 0 Å². The third-order valence-corrected chi connectivity index (χ3v) is 4.43. The molecule has 0 aromatic heterocycles. The lowest BCUT2D eigenvalue weighted by molar-refractivity contribution is -0.140. The molecule has 1 saturated heterocycles. The summed E-state index contributed by atoms with van der Waals surface area (Å²) in [6, 6.07) is 0. The van der Waals surface area contributed by atoms with E-state index in [9.17, 15) is 19.2 Å². The Morgan fingerprint density at radius 1 is 0.704 bits per heavy atom. The van der Waals surface area contributed by atoms with Crippen LogP contribution in [0, 0.1) is 0 Å². The van der Waals surface area contributed by atoms with Gasteiger partial charge in [0.1, 0.15) is 12.1 Å². The van der Waals surface area contributed by atoms with Crippen LogP contribution in [0.1, 0.15) is 6.92 Å². The van der Waals surface area contributed by atoms with Gasteiger partial charge in [0.15, 0.2) is 0 Å². The number of rotatable bonds is 8. The van der Waals surface area contributed by atoms with Crippen LogP contribution in [-0.4, -0.2) is 132 Å². The Labute approximate surface area is 159 Å². The van der Waals surface area contributed by atoms with Gasteiger partial charge in [0, 0.05) is 52.4 Å². The molecule has 154 valence electrons. The Balaban J connectivity index is 2.86. The highest BCUT2D eigenvalue weighted by molar-refractivity contribution is 5.77. The van der Waals surface area contributed by atoms with Gasteiger partial charge in [-0.15, -0.1) is 0 Å². The van der Waals surface area contributed by atoms with Gasteiger partial charge in [-0.25, -0.2) is 0 Å². The molecule has 0 aliphatic carbocycles. The third-order valence-electron chi connectivity index (χ3n) is 4.43. The zero-order valence-electron chi connectivity index (χ0n) is 15.9. The lowest BCUT2D eigenvalue weighted by atomic mass is 10.3. The summed E-state index contributed by atoms with van der Waals surface area (Å²) in [5.41, 5.74) is 0. The Hall–Kier alpha value is -1.88. The van der Waals surface area contributed by atoms with E-state index in [-0.39, 0.29) is 32.0 Å². The van der Waals surface area contributed by atoms with Gasteiger partial charge in [-0.1, -0.05) is 0 Å². The zero-order valence-corrected chi connectivity index (χ0v) is 15.9. The van der Waals surface area contributed by atoms with Gasteiger partial charge in [-0.3, -0.25) is 34.0 Å². The van der Waals surface area contributed by atoms with Gasteiger partial charge in [0.2, 0.25) is 0 Å². The molecule has 27 heavy (non-hydrogen) atoms. The second-order valence-electron chi connectivity index (χ2n) is 6.79. The van der Waals surface area contributed by atoms with Crippen molar-refractivity contribution in [2.24, 2.45) is 0 Å². The summed E-state index contributed by atoms with van der Waals surface area (Å²) in [6.07, 6.45) is 0.817. The highest BCUT2D eigenvalue weighted by atomic mass is 16.4. The predicted molar refractivity (Wildman–Crippen MR) is 97.8 cm³/mol. The molecule has 1 aliphatic rings. The molecule has 1 rings (SSSR count). The summed E-state index contributed by atoms with van der Waals surface area (Å²) in [4.78, 5) is 52.1. The summed E-state index contributed by atoms with van der Waals surface area (Å²) in [7, 11) is 0. The van der Waals surface area contributed by atoms with Crippen LogP contribution in [0.5, 0.6) is 0 Å². The minimum absolute atomic E-state index is 0.0291. The van der Waals surface area contributed by atoms with Crippen molar-refractivity contribution in [3.63, 3.8) is 0 Å². The number of hydrogen-bond acceptors (Lipinski definition) is 8. The first-order valence-electron chi connectivity index (χ1n) is 9.06. The lowest BCUT2D eigenvalue weighted by Gasteiger charge is -2.32. The molecule has 0 spiro atoms. The largest absolute Gasteiger partial charge is 0.480 e. The number of hydrogen-bond donors (Lipinski definition) is 2. The van der Waals surface area contributed by atoms with Crippen LogP contribution in [0.4, 0.5) is 0 Å². The van der Waals surface area contributed by atoms with Crippen LogP contribution in [0.25, 0.3) is 0 Å². The van der Waals surface area contributed by atoms with Crippen molar-refractivity contribution in [2.75, 3.05) is 78.5 Å². The number of ketones is 1. The average molecular weight is 386 g/mol. The molecule has 0 radical (unpaired) electrons. The van der Waals surface area contributed by atoms with Gasteiger partial charge in [0.25, 0.3) is 0 Å². The van der Waals surface area contributed by atoms with Crippen LogP contribution < -0.4 is 0 Å². The fourth-order valence-corrected chi connectivity index (χ4v) is 3.04. The van der Waals surface area contributed by atoms with E-state index in [1.54, 1.807) is 9.80 Å². The lowest BCUT2D eigenvalue weighted by Crippen LogP contribution is -2.48. The van der Waals surface area contributed by atoms with Gasteiger partial charge in [-0.2, -0.15) is 0 Å². The number of Topliss-reactive ketones (excluding diaryl/α,β-unsaturated/α-hetero) is 1. The molecule has 0 atom stereocenters. The first-order chi connectivity index (χ1) is 12.8. The predicted octanol–water partition coefficient (Wildman–Crippen LogP) is -1.83. The van der Waals surface area contributed by atoms with Crippen LogP contribution in [0.15, 0.2) is 0 Å². The van der Waals surface area contributed by atoms with Crippen molar-refractivity contribution in [1.29, 1.82) is 0 Å². The van der Waals surface area contributed by atoms with Gasteiger partial charge in [0.05, 0.1) is 26.2 Å². The molecular formula is C17H30N4O6. The number of nitrogens with zero attached hydrogens (tertiary/aromatic N) is 4. The number of carboxylic acids is 2. The van der Waals surface area contributed by atoms with Crippen molar-refractivity contribution in [3.05, 3.63) is 0 Å². The van der Waals surface area contributed by atoms with Gasteiger partial charge in [-0.05, 0) is 6.92 Å². The minimum Gasteiger partial charge on any atom is -0.480 e. The fraction of sp³-hybridized carbons (Fsp3) is 0.765. The number of carbonyl (C=O) groups excluding carboxylic acids is 2. The second kappa shape index (κ2) is 12.5. The SMILES string of the molecule is CC(=O)CN1CCN(CC=O)CCN(CC(=O)O)CCN(CC(=O)O)CC1. The molecule has 2 N–H and O–H groups in total. The van der Waals surface area contributed by atoms with Crippen LogP contribution in [0.3, 0.4) is 0 Å². The topological polar surface area (TPSA) is 122 Å². The van der Waals surface area contributed by atoms with E-state index in [1.807, 2.05) is 9.80 Å². The van der Waals surface area contributed by atoms with Crippen molar-refractivity contribution < 1.29 is 29.4 Å². The Bertz CT molecular complexity index is 484. The molecule has 1 fully saturated rings. The van der Waals surface area contributed by atoms with E-state index in [0.29, 0.717) is 52.4 Å². The summed E-state index contributed by atoms with van der Waals surface area (Å²) in [5.74, 6) is -1.86. The first kappa shape index (κ1) is 23.2. The summed E-state index contributed by atoms with van der Waals surface area (Å²) >= 11 is 0. The quantitative estimate of drug-likeness (QED) is 0.460. The third kappa shape index (κ3) is 10.8. The smallest absolute Gasteiger partial charge is 0.317 e. The van der Waals surface area contributed by atoms with Crippen molar-refractivity contribution >= 4 is 24.0 Å². The summed E-state index contributed by atoms with van der Waals surface area (Å²) in [6.45, 7) is 5.75. The van der Waals surface area contributed by atoms with Crippen molar-refractivity contribution in [2.45, 2.75) is 6.92 Å². The Morgan fingerprint density at radius 3 is 1.33 bits per heavy atom. The molecule has 0 aromatic rings. The second-order valence-corrected chi connectivity index (χ2v) is 6.79. The molecule has 1 heterocycles. The Morgan fingerprint density at radius 2 is 1.04 bits per heavy atom. The molecule has 0 amide bonds. The van der Waals surface area contributed by atoms with Gasteiger partial charge >= 0.3 is 11.9 Å². The highest BCUT2D eigenvalue weighted by Crippen LogP contribution is 2.01. The molecule has 0 bridgehead atoms. The molecule has 1 aliphatic heterocycles. The maximum absolute atomic E-state index is 11.5. The number of aldehydes is 1. The maximum Gasteiger partial charge on any atom is 0.317 e. The van der Waals surface area contributed by atoms with Gasteiger partial charge < -0.3 is 15.0 Å². The van der Waals surface area contributed by atoms with E-state index in [0.717, 1.165) is 6.29 Å². The summed E-state index contributed by atoms with van der Waals surface area (Å²) < 4.78 is 0. The molecule has 10 nitrogen and oxygen atoms in total. The fourth-order valence-electron chi connectivity index (χ4n) is 3.04. The molecular weight excluding hydrogens is 356 g/mol. The van der Waals surface area contributed by atoms with Crippen LogP contribution >= 0.6 is 0 Å². The highest BCUT2D eigenvalue weighted by Gasteiger charge is 2.19. The van der Waals surface area contributed by atoms with E-state index < -0.39 is 11.9 Å². The molecule has 0 unspecified atom stereocenters. The van der Waals surface area contributed by atoms with E-state index in [4.69, 9.17) is 10.2 Å². The number of carbonyl (C=O) groups is 4. The monoisotopic (exact) mass is 386 g/mol. The average Bonchev–Trinajstić information content (AvgIpc) is 2.56. The van der Waals surface area contributed by atoms with E-state index in [2.05, 4.69) is 0 Å². The minimum atomic E-state index is -0.943. The molecule has 10 heteroatoms. The molecule has 0 aromatic carbocycles. The first-order valence-corrected chi connectivity index (χ1v) is 9.06. The number of carboxylic acid groups (broad SMARTS) is 2. The van der Waals surface area contributed by atoms with Crippen molar-refractivity contribution in [3.8, 4) is 0 Å². The standard InChI is InChI=1S/C17H30N4O6/c1-15(23)12-19-4-2-18(10-11-22)3-5-20(13-16(24)25)8-9-21(7-6-19)14-17(26)27/h11H,2-10,12-14H2,1H3,(H,24,25)(H,26,27). The maximum atomic E-state index is 11.5. The summed E-state index contributed by atoms with van der Waals surface area (Å²) in [5, 5.41) is 18.2. The van der Waals surface area contributed by atoms with Crippen molar-refractivity contribution in [1.82, 2.24) is 19.6 Å². The van der Waals surface area contributed by atoms with E-state index in [1.165, 1.54) is 6.92 Å². The Kier molecular flexibility index (Phi) is 10.7.